The lowest BCUT2D eigenvalue weighted by Crippen LogP contribution is -2.19. The van der Waals surface area contributed by atoms with E-state index in [9.17, 15) is 10.1 Å². The highest BCUT2D eigenvalue weighted by atomic mass is 32.2. The number of nitrogens with zero attached hydrogens (tertiary/aromatic N) is 4. The minimum Gasteiger partial charge on any atom is -0.327 e. The van der Waals surface area contributed by atoms with E-state index in [0.29, 0.717) is 22.6 Å². The number of anilines is 1. The second kappa shape index (κ2) is 8.61. The van der Waals surface area contributed by atoms with Crippen LogP contribution in [-0.4, -0.2) is 31.4 Å². The summed E-state index contributed by atoms with van der Waals surface area (Å²) in [5, 5.41) is 20.2. The minimum absolute atomic E-state index is 0.143. The molecule has 0 unspecified atom stereocenters. The van der Waals surface area contributed by atoms with Gasteiger partial charge in [-0.15, -0.1) is 5.10 Å². The van der Waals surface area contributed by atoms with Gasteiger partial charge in [-0.25, -0.2) is 4.98 Å². The summed E-state index contributed by atoms with van der Waals surface area (Å²) in [4.78, 5) is 16.9. The van der Waals surface area contributed by atoms with Gasteiger partial charge in [0.25, 0.3) is 0 Å². The van der Waals surface area contributed by atoms with Gasteiger partial charge in [0, 0.05) is 18.2 Å². The first-order chi connectivity index (χ1) is 13.0. The van der Waals surface area contributed by atoms with Crippen molar-refractivity contribution in [2.24, 2.45) is 0 Å². The maximum absolute atomic E-state index is 12.6. The van der Waals surface area contributed by atoms with Crippen LogP contribution in [0.1, 0.15) is 67.7 Å². The van der Waals surface area contributed by atoms with E-state index in [-0.39, 0.29) is 11.7 Å². The molecule has 27 heavy (non-hydrogen) atoms. The SMILES string of the molecule is CCCc1nc(SCC(=O)Nc2c(C#N)c(C)c(C)n2C2CCCC2)n[nH]1. The lowest BCUT2D eigenvalue weighted by atomic mass is 10.2. The fraction of sp³-hybridized carbons (Fsp3) is 0.579. The average Bonchev–Trinajstić information content (AvgIpc) is 3.36. The van der Waals surface area contributed by atoms with Gasteiger partial charge in [0.05, 0.1) is 11.3 Å². The normalized spacial score (nSPS) is 14.4. The van der Waals surface area contributed by atoms with Crippen molar-refractivity contribution < 1.29 is 4.79 Å². The number of nitriles is 1. The number of nitrogens with one attached hydrogen (secondary N) is 2. The maximum atomic E-state index is 12.6. The van der Waals surface area contributed by atoms with Gasteiger partial charge >= 0.3 is 0 Å². The number of thioether (sulfide) groups is 1. The average molecular weight is 387 g/mol. The number of carbonyl (C=O) groups is 1. The molecule has 0 saturated heterocycles. The van der Waals surface area contributed by atoms with Crippen LogP contribution in [-0.2, 0) is 11.2 Å². The third-order valence-electron chi connectivity index (χ3n) is 5.15. The molecule has 0 bridgehead atoms. The zero-order chi connectivity index (χ0) is 19.4. The number of hydrogen-bond acceptors (Lipinski definition) is 5. The van der Waals surface area contributed by atoms with Crippen molar-refractivity contribution in [3.8, 4) is 6.07 Å². The van der Waals surface area contributed by atoms with Crippen LogP contribution >= 0.6 is 11.8 Å². The van der Waals surface area contributed by atoms with E-state index in [4.69, 9.17) is 0 Å². The molecule has 0 atom stereocenters. The molecule has 144 valence electrons. The van der Waals surface area contributed by atoms with Gasteiger partial charge in [0.1, 0.15) is 17.7 Å². The summed E-state index contributed by atoms with van der Waals surface area (Å²) in [5.41, 5.74) is 2.59. The highest BCUT2D eigenvalue weighted by molar-refractivity contribution is 7.99. The molecule has 8 heteroatoms. The molecule has 2 N–H and O–H groups in total. The molecule has 0 aliphatic heterocycles. The molecule has 2 aromatic heterocycles. The van der Waals surface area contributed by atoms with Crippen LogP contribution in [0.3, 0.4) is 0 Å². The summed E-state index contributed by atoms with van der Waals surface area (Å²) in [6, 6.07) is 2.63. The Labute approximate surface area is 163 Å². The molecule has 2 aromatic rings. The highest BCUT2D eigenvalue weighted by Gasteiger charge is 2.26. The van der Waals surface area contributed by atoms with Gasteiger partial charge < -0.3 is 9.88 Å². The van der Waals surface area contributed by atoms with Crippen molar-refractivity contribution in [3.05, 3.63) is 22.6 Å². The number of aryl methyl sites for hydroxylation is 1. The number of hydrogen-bond donors (Lipinski definition) is 2. The zero-order valence-electron chi connectivity index (χ0n) is 16.1. The Hall–Kier alpha value is -2.27. The Balaban J connectivity index is 1.72. The second-order valence-electron chi connectivity index (χ2n) is 7.01. The van der Waals surface area contributed by atoms with Crippen LogP contribution in [0.4, 0.5) is 5.82 Å². The molecular formula is C19H26N6OS. The van der Waals surface area contributed by atoms with Crippen molar-refractivity contribution in [1.29, 1.82) is 5.26 Å². The number of H-pyrrole nitrogens is 1. The Bertz CT molecular complexity index is 856. The third-order valence-corrected chi connectivity index (χ3v) is 5.99. The van der Waals surface area contributed by atoms with E-state index in [1.807, 2.05) is 13.8 Å². The predicted molar refractivity (Wildman–Crippen MR) is 106 cm³/mol. The summed E-state index contributed by atoms with van der Waals surface area (Å²) in [6.45, 7) is 6.06. The molecule has 0 spiro atoms. The Morgan fingerprint density at radius 1 is 1.41 bits per heavy atom. The van der Waals surface area contributed by atoms with Crippen molar-refractivity contribution in [3.63, 3.8) is 0 Å². The molecule has 3 rings (SSSR count). The van der Waals surface area contributed by atoms with Gasteiger partial charge in [-0.05, 0) is 38.7 Å². The van der Waals surface area contributed by atoms with E-state index < -0.39 is 0 Å². The molecule has 2 heterocycles. The summed E-state index contributed by atoms with van der Waals surface area (Å²) >= 11 is 1.30. The first kappa shape index (κ1) is 19.5. The van der Waals surface area contributed by atoms with E-state index >= 15 is 0 Å². The van der Waals surface area contributed by atoms with Gasteiger partial charge in [-0.1, -0.05) is 31.5 Å². The van der Waals surface area contributed by atoms with Crippen molar-refractivity contribution >= 4 is 23.5 Å². The van der Waals surface area contributed by atoms with Crippen molar-refractivity contribution in [2.45, 2.75) is 70.5 Å². The third kappa shape index (κ3) is 4.19. The molecular weight excluding hydrogens is 360 g/mol. The van der Waals surface area contributed by atoms with Crippen LogP contribution in [0.15, 0.2) is 5.16 Å². The molecule has 1 aliphatic carbocycles. The topological polar surface area (TPSA) is 99.4 Å². The number of carbonyl (C=O) groups excluding carboxylic acids is 1. The van der Waals surface area contributed by atoms with Crippen molar-refractivity contribution in [1.82, 2.24) is 19.7 Å². The smallest absolute Gasteiger partial charge is 0.235 e. The fourth-order valence-corrected chi connectivity index (χ4v) is 4.31. The second-order valence-corrected chi connectivity index (χ2v) is 7.95. The molecule has 1 fully saturated rings. The van der Waals surface area contributed by atoms with Crippen LogP contribution in [0.5, 0.6) is 0 Å². The Morgan fingerprint density at radius 3 is 2.81 bits per heavy atom. The maximum Gasteiger partial charge on any atom is 0.235 e. The number of amides is 1. The largest absolute Gasteiger partial charge is 0.327 e. The molecule has 7 nitrogen and oxygen atoms in total. The highest BCUT2D eigenvalue weighted by Crippen LogP contribution is 2.37. The zero-order valence-corrected chi connectivity index (χ0v) is 16.9. The molecule has 1 amide bonds. The van der Waals surface area contributed by atoms with Gasteiger partial charge in [0.15, 0.2) is 0 Å². The van der Waals surface area contributed by atoms with E-state index in [1.165, 1.54) is 24.6 Å². The van der Waals surface area contributed by atoms with Gasteiger partial charge in [-0.2, -0.15) is 5.26 Å². The van der Waals surface area contributed by atoms with E-state index in [1.54, 1.807) is 0 Å². The van der Waals surface area contributed by atoms with Gasteiger partial charge in [-0.3, -0.25) is 9.89 Å². The van der Waals surface area contributed by atoms with Crippen molar-refractivity contribution in [2.75, 3.05) is 11.1 Å². The summed E-state index contributed by atoms with van der Waals surface area (Å²) < 4.78 is 2.16. The first-order valence-electron chi connectivity index (χ1n) is 9.50. The van der Waals surface area contributed by atoms with Crippen LogP contribution in [0.2, 0.25) is 0 Å². The van der Waals surface area contributed by atoms with Crippen LogP contribution in [0.25, 0.3) is 0 Å². The molecule has 0 aromatic carbocycles. The standard InChI is InChI=1S/C19H26N6OS/c1-4-7-16-21-19(24-23-16)27-11-17(26)22-18-15(10-20)12(2)13(3)25(18)14-8-5-6-9-14/h14H,4-9,11H2,1-3H3,(H,22,26)(H,21,23,24). The van der Waals surface area contributed by atoms with E-state index in [0.717, 1.165) is 42.8 Å². The summed E-state index contributed by atoms with van der Waals surface area (Å²) in [6.07, 6.45) is 6.41. The minimum atomic E-state index is -0.143. The lowest BCUT2D eigenvalue weighted by molar-refractivity contribution is -0.113. The predicted octanol–water partition coefficient (Wildman–Crippen LogP) is 3.89. The fourth-order valence-electron chi connectivity index (χ4n) is 3.69. The Kier molecular flexibility index (Phi) is 6.22. The van der Waals surface area contributed by atoms with E-state index in [2.05, 4.69) is 38.1 Å². The summed E-state index contributed by atoms with van der Waals surface area (Å²) in [7, 11) is 0. The van der Waals surface area contributed by atoms with Crippen LogP contribution in [0, 0.1) is 25.2 Å². The monoisotopic (exact) mass is 386 g/mol. The number of rotatable bonds is 7. The van der Waals surface area contributed by atoms with Crippen LogP contribution < -0.4 is 5.32 Å². The quantitative estimate of drug-likeness (QED) is 0.703. The lowest BCUT2D eigenvalue weighted by Gasteiger charge is -2.19. The molecule has 1 saturated carbocycles. The molecule has 0 radical (unpaired) electrons. The number of aromatic nitrogens is 4. The van der Waals surface area contributed by atoms with Gasteiger partial charge in [0.2, 0.25) is 11.1 Å². The Morgan fingerprint density at radius 2 is 2.15 bits per heavy atom. The summed E-state index contributed by atoms with van der Waals surface area (Å²) in [5.74, 6) is 1.55. The first-order valence-corrected chi connectivity index (χ1v) is 10.5. The number of aromatic amines is 1. The molecule has 1 aliphatic rings.